The van der Waals surface area contributed by atoms with Gasteiger partial charge in [-0.15, -0.1) is 10.2 Å². The maximum Gasteiger partial charge on any atom is 0.268 e. The second-order valence-electron chi connectivity index (χ2n) is 13.4. The largest absolute Gasteiger partial charge is 0.268 e. The van der Waals surface area contributed by atoms with Gasteiger partial charge >= 0.3 is 0 Å². The summed E-state index contributed by atoms with van der Waals surface area (Å²) in [6, 6.07) is 2.47. The summed E-state index contributed by atoms with van der Waals surface area (Å²) in [5.41, 5.74) is 1.00. The molecule has 0 aliphatic heterocycles. The van der Waals surface area contributed by atoms with E-state index in [1.807, 2.05) is 27.7 Å². The molecule has 0 aliphatic carbocycles. The number of nitrogens with zero attached hydrogens (tertiary/aromatic N) is 8. The van der Waals surface area contributed by atoms with Crippen LogP contribution in [0.2, 0.25) is 0 Å². The first kappa shape index (κ1) is 41.4. The van der Waals surface area contributed by atoms with Gasteiger partial charge in [-0.2, -0.15) is 19.0 Å². The second kappa shape index (κ2) is 16.1. The van der Waals surface area contributed by atoms with Crippen LogP contribution >= 0.6 is 0 Å². The number of hydrogen-bond donors (Lipinski definition) is 0. The zero-order chi connectivity index (χ0) is 40.7. The average Bonchev–Trinajstić information content (AvgIpc) is 3.71. The van der Waals surface area contributed by atoms with Crippen molar-refractivity contribution >= 4 is 32.2 Å². The molecule has 55 heavy (non-hydrogen) atoms. The Labute approximate surface area is 315 Å². The number of sulfone groups is 1. The SMILES string of the molecule is CCC(C)Cc1c(-c2c(F)cc(F)cc2F)c(C)nc2nc(S(C)(=O)=O)nn12.CCC(C)Cc1c(-c2c(F)cc(F)cc2F)c(C)nc2nc(S(C)=O)nn12. The van der Waals surface area contributed by atoms with E-state index in [2.05, 4.69) is 30.1 Å². The minimum atomic E-state index is -3.71. The van der Waals surface area contributed by atoms with E-state index in [0.717, 1.165) is 19.1 Å². The molecule has 2 aromatic carbocycles. The summed E-state index contributed by atoms with van der Waals surface area (Å²) in [5.74, 6) is -5.69. The third-order valence-corrected chi connectivity index (χ3v) is 10.6. The van der Waals surface area contributed by atoms with Crippen molar-refractivity contribution < 1.29 is 39.0 Å². The first-order valence-electron chi connectivity index (χ1n) is 17.1. The normalized spacial score (nSPS) is 13.6. The smallest absolute Gasteiger partial charge is 0.251 e. The van der Waals surface area contributed by atoms with Gasteiger partial charge in [-0.05, 0) is 38.5 Å². The van der Waals surface area contributed by atoms with Crippen LogP contribution in [-0.4, -0.2) is 64.3 Å². The Hall–Kier alpha value is -4.78. The minimum Gasteiger partial charge on any atom is -0.251 e. The lowest BCUT2D eigenvalue weighted by molar-refractivity contribution is 0.535. The Morgan fingerprint density at radius 1 is 0.655 bits per heavy atom. The van der Waals surface area contributed by atoms with Crippen LogP contribution in [0.4, 0.5) is 26.3 Å². The van der Waals surface area contributed by atoms with Gasteiger partial charge in [0, 0.05) is 47.9 Å². The van der Waals surface area contributed by atoms with Crippen molar-refractivity contribution in [3.8, 4) is 22.3 Å². The fraction of sp³-hybridized carbons (Fsp3) is 0.389. The van der Waals surface area contributed by atoms with Gasteiger partial charge in [-0.3, -0.25) is 4.21 Å². The first-order chi connectivity index (χ1) is 25.7. The van der Waals surface area contributed by atoms with Gasteiger partial charge in [-0.25, -0.2) is 44.7 Å². The molecule has 0 spiro atoms. The highest BCUT2D eigenvalue weighted by Gasteiger charge is 2.27. The summed E-state index contributed by atoms with van der Waals surface area (Å²) in [7, 11) is -5.14. The summed E-state index contributed by atoms with van der Waals surface area (Å²) in [6.07, 6.45) is 4.79. The Balaban J connectivity index is 0.000000211. The van der Waals surface area contributed by atoms with Gasteiger partial charge in [-0.1, -0.05) is 40.5 Å². The fourth-order valence-corrected chi connectivity index (χ4v) is 6.82. The lowest BCUT2D eigenvalue weighted by atomic mass is 9.94. The van der Waals surface area contributed by atoms with Gasteiger partial charge in [0.2, 0.25) is 15.0 Å². The van der Waals surface area contributed by atoms with Gasteiger partial charge < -0.3 is 0 Å². The van der Waals surface area contributed by atoms with Crippen molar-refractivity contribution in [1.82, 2.24) is 39.2 Å². The topological polar surface area (TPSA) is 137 Å². The molecule has 11 nitrogen and oxygen atoms in total. The highest BCUT2D eigenvalue weighted by molar-refractivity contribution is 7.90. The zero-order valence-electron chi connectivity index (χ0n) is 31.2. The molecular weight excluding hydrogens is 771 g/mol. The summed E-state index contributed by atoms with van der Waals surface area (Å²) < 4.78 is 123. The maximum absolute atomic E-state index is 14.5. The number of fused-ring (bicyclic) bond motifs is 2. The monoisotopic (exact) mass is 808 g/mol. The van der Waals surface area contributed by atoms with Crippen LogP contribution in [-0.2, 0) is 33.5 Å². The standard InChI is InChI=1S/C18H19F3N4O2S.C18H19F3N4OS/c1-5-9(2)6-14-15(16-12(20)7-11(19)8-13(16)21)10(3)22-17-23-18(24-25(14)17)28(4,26)27;1-5-9(2)6-14-15(16-12(20)7-11(19)8-13(16)21)10(3)22-17-23-18(27(4)26)24-25(14)17/h7-9H,5-6H2,1-4H3;7-9H,5-6H2,1-4H3. The molecule has 6 aromatic rings. The van der Waals surface area contributed by atoms with Crippen LogP contribution in [0.15, 0.2) is 34.6 Å². The van der Waals surface area contributed by atoms with Crippen molar-refractivity contribution in [1.29, 1.82) is 0 Å². The molecule has 0 N–H and O–H groups in total. The molecule has 0 aliphatic rings. The molecule has 3 unspecified atom stereocenters. The molecule has 0 radical (unpaired) electrons. The Morgan fingerprint density at radius 2 is 1.04 bits per heavy atom. The van der Waals surface area contributed by atoms with E-state index in [1.165, 1.54) is 22.2 Å². The van der Waals surface area contributed by atoms with Crippen LogP contribution in [0.1, 0.15) is 63.3 Å². The summed E-state index contributed by atoms with van der Waals surface area (Å²) in [6.45, 7) is 11.0. The molecule has 0 fully saturated rings. The summed E-state index contributed by atoms with van der Waals surface area (Å²) >= 11 is 0. The number of benzene rings is 2. The Morgan fingerprint density at radius 3 is 1.40 bits per heavy atom. The molecular formula is C36H38F6N8O3S2. The van der Waals surface area contributed by atoms with E-state index in [0.29, 0.717) is 54.2 Å². The van der Waals surface area contributed by atoms with Crippen LogP contribution < -0.4 is 0 Å². The highest BCUT2D eigenvalue weighted by atomic mass is 32.2. The molecule has 0 saturated heterocycles. The van der Waals surface area contributed by atoms with E-state index in [4.69, 9.17) is 0 Å². The lowest BCUT2D eigenvalue weighted by Crippen LogP contribution is -2.12. The maximum atomic E-state index is 14.5. The predicted octanol–water partition coefficient (Wildman–Crippen LogP) is 7.35. The van der Waals surface area contributed by atoms with Crippen LogP contribution in [0.3, 0.4) is 0 Å². The molecule has 0 amide bonds. The fourth-order valence-electron chi connectivity index (χ4n) is 5.94. The van der Waals surface area contributed by atoms with E-state index in [1.54, 1.807) is 6.92 Å². The molecule has 4 heterocycles. The van der Waals surface area contributed by atoms with Crippen molar-refractivity contribution in [2.45, 2.75) is 77.5 Å². The lowest BCUT2D eigenvalue weighted by Gasteiger charge is -2.17. The van der Waals surface area contributed by atoms with Crippen molar-refractivity contribution in [2.24, 2.45) is 11.8 Å². The van der Waals surface area contributed by atoms with Gasteiger partial charge in [0.15, 0.2) is 0 Å². The Bertz CT molecular complexity index is 2530. The Kier molecular flexibility index (Phi) is 12.1. The minimum absolute atomic E-state index is 0.0166. The number of aromatic nitrogens is 8. The van der Waals surface area contributed by atoms with E-state index in [9.17, 15) is 39.0 Å². The van der Waals surface area contributed by atoms with E-state index >= 15 is 0 Å². The van der Waals surface area contributed by atoms with Crippen LogP contribution in [0.5, 0.6) is 0 Å². The molecule has 19 heteroatoms. The third kappa shape index (κ3) is 8.56. The molecule has 0 bridgehead atoms. The predicted molar refractivity (Wildman–Crippen MR) is 193 cm³/mol. The van der Waals surface area contributed by atoms with Crippen LogP contribution in [0.25, 0.3) is 33.8 Å². The first-order valence-corrected chi connectivity index (χ1v) is 20.6. The molecule has 4 aromatic heterocycles. The molecule has 0 saturated carbocycles. The average molecular weight is 809 g/mol. The zero-order valence-corrected chi connectivity index (χ0v) is 32.8. The third-order valence-electron chi connectivity index (χ3n) is 9.07. The molecule has 6 rings (SSSR count). The highest BCUT2D eigenvalue weighted by Crippen LogP contribution is 2.35. The van der Waals surface area contributed by atoms with Gasteiger partial charge in [0.1, 0.15) is 34.9 Å². The number of halogens is 6. The number of aryl methyl sites for hydroxylation is 2. The number of rotatable bonds is 10. The van der Waals surface area contributed by atoms with E-state index in [-0.39, 0.29) is 50.9 Å². The molecule has 294 valence electrons. The van der Waals surface area contributed by atoms with Gasteiger partial charge in [0.25, 0.3) is 16.7 Å². The van der Waals surface area contributed by atoms with Crippen molar-refractivity contribution in [2.75, 3.05) is 12.5 Å². The summed E-state index contributed by atoms with van der Waals surface area (Å²) in [5, 5.41) is 7.90. The van der Waals surface area contributed by atoms with Gasteiger partial charge in [0.05, 0.1) is 44.7 Å². The summed E-state index contributed by atoms with van der Waals surface area (Å²) in [4.78, 5) is 16.6. The van der Waals surface area contributed by atoms with Crippen molar-refractivity contribution in [3.05, 3.63) is 81.9 Å². The quantitative estimate of drug-likeness (QED) is 0.130. The van der Waals surface area contributed by atoms with Crippen LogP contribution in [0, 0.1) is 60.6 Å². The number of hydrogen-bond acceptors (Lipinski definition) is 9. The van der Waals surface area contributed by atoms with E-state index < -0.39 is 66.3 Å². The van der Waals surface area contributed by atoms with Crippen molar-refractivity contribution in [3.63, 3.8) is 0 Å². The second-order valence-corrected chi connectivity index (χ2v) is 16.6. The molecule has 3 atom stereocenters.